The monoisotopic (exact) mass is 443 g/mol. The smallest absolute Gasteiger partial charge is 0.129 e. The minimum Gasteiger partial charge on any atom is -0.207 e. The standard InChI is InChI=1S/C30H31F2N/c1-21(25-5-3-2-4-6-25)17-28-29(31)18-27(19-30(28)32)26-15-13-23(14-16-26)8-7-22-9-11-24(20-33)12-10-22/h2-6,9-12,18-19,21,23,26H,7-8,13-17H2,1H3/t21-,23?,26?/m1/s1. The van der Waals surface area contributed by atoms with Crippen molar-refractivity contribution in [2.24, 2.45) is 5.92 Å². The van der Waals surface area contributed by atoms with E-state index >= 15 is 0 Å². The fourth-order valence-electron chi connectivity index (χ4n) is 5.16. The van der Waals surface area contributed by atoms with Crippen LogP contribution in [0.3, 0.4) is 0 Å². The highest BCUT2D eigenvalue weighted by Gasteiger charge is 2.24. The van der Waals surface area contributed by atoms with Crippen molar-refractivity contribution in [3.63, 3.8) is 0 Å². The highest BCUT2D eigenvalue weighted by molar-refractivity contribution is 5.32. The lowest BCUT2D eigenvalue weighted by Crippen LogP contribution is -2.15. The molecule has 3 aromatic rings. The van der Waals surface area contributed by atoms with Gasteiger partial charge in [-0.15, -0.1) is 0 Å². The lowest BCUT2D eigenvalue weighted by atomic mass is 9.76. The van der Waals surface area contributed by atoms with Crippen LogP contribution in [0.2, 0.25) is 0 Å². The molecular weight excluding hydrogens is 412 g/mol. The van der Waals surface area contributed by atoms with Gasteiger partial charge in [0, 0.05) is 5.56 Å². The van der Waals surface area contributed by atoms with Crippen LogP contribution in [-0.2, 0) is 12.8 Å². The molecule has 1 aliphatic rings. The molecule has 1 saturated carbocycles. The molecule has 0 unspecified atom stereocenters. The molecule has 0 amide bonds. The summed E-state index contributed by atoms with van der Waals surface area (Å²) >= 11 is 0. The summed E-state index contributed by atoms with van der Waals surface area (Å²) in [6.07, 6.45) is 6.65. The average molecular weight is 444 g/mol. The van der Waals surface area contributed by atoms with Gasteiger partial charge in [0.2, 0.25) is 0 Å². The predicted molar refractivity (Wildman–Crippen MR) is 129 cm³/mol. The zero-order valence-electron chi connectivity index (χ0n) is 19.2. The normalized spacial score (nSPS) is 19.1. The first-order valence-corrected chi connectivity index (χ1v) is 12.0. The molecule has 3 heteroatoms. The molecule has 3 aromatic carbocycles. The number of nitriles is 1. The van der Waals surface area contributed by atoms with Gasteiger partial charge in [-0.05, 0) is 104 Å². The van der Waals surface area contributed by atoms with E-state index in [1.165, 1.54) is 5.56 Å². The third-order valence-corrected chi connectivity index (χ3v) is 7.28. The Bertz CT molecular complexity index is 1070. The van der Waals surface area contributed by atoms with E-state index in [0.29, 0.717) is 17.9 Å². The van der Waals surface area contributed by atoms with Gasteiger partial charge < -0.3 is 0 Å². The second kappa shape index (κ2) is 10.8. The molecule has 0 heterocycles. The van der Waals surface area contributed by atoms with Crippen molar-refractivity contribution in [1.82, 2.24) is 0 Å². The highest BCUT2D eigenvalue weighted by atomic mass is 19.1. The fourth-order valence-corrected chi connectivity index (χ4v) is 5.16. The zero-order chi connectivity index (χ0) is 23.2. The number of aryl methyl sites for hydroxylation is 1. The summed E-state index contributed by atoms with van der Waals surface area (Å²) in [6.45, 7) is 2.02. The molecule has 0 radical (unpaired) electrons. The molecule has 170 valence electrons. The number of hydrogen-bond acceptors (Lipinski definition) is 1. The summed E-state index contributed by atoms with van der Waals surface area (Å²) in [6, 6.07) is 23.0. The molecule has 0 aliphatic heterocycles. The largest absolute Gasteiger partial charge is 0.207 e. The van der Waals surface area contributed by atoms with E-state index < -0.39 is 11.6 Å². The summed E-state index contributed by atoms with van der Waals surface area (Å²) in [5.74, 6) is 0.136. The highest BCUT2D eigenvalue weighted by Crippen LogP contribution is 2.38. The van der Waals surface area contributed by atoms with E-state index in [4.69, 9.17) is 5.26 Å². The van der Waals surface area contributed by atoms with Crippen molar-refractivity contribution < 1.29 is 8.78 Å². The molecule has 1 nitrogen and oxygen atoms in total. The van der Waals surface area contributed by atoms with Crippen molar-refractivity contribution >= 4 is 0 Å². The Labute approximate surface area is 196 Å². The van der Waals surface area contributed by atoms with Gasteiger partial charge in [-0.3, -0.25) is 0 Å². The first-order valence-electron chi connectivity index (χ1n) is 12.0. The Morgan fingerprint density at radius 1 is 0.909 bits per heavy atom. The third-order valence-electron chi connectivity index (χ3n) is 7.28. The Morgan fingerprint density at radius 3 is 2.15 bits per heavy atom. The SMILES string of the molecule is C[C@H](Cc1c(F)cc(C2CCC(CCc3ccc(C#N)cc3)CC2)cc1F)c1ccccc1. The predicted octanol–water partition coefficient (Wildman–Crippen LogP) is 8.09. The van der Waals surface area contributed by atoms with Crippen molar-refractivity contribution in [3.8, 4) is 6.07 Å². The van der Waals surface area contributed by atoms with E-state index in [9.17, 15) is 8.78 Å². The van der Waals surface area contributed by atoms with Crippen LogP contribution >= 0.6 is 0 Å². The van der Waals surface area contributed by atoms with Crippen molar-refractivity contribution in [3.05, 3.63) is 106 Å². The number of hydrogen-bond donors (Lipinski definition) is 0. The molecule has 0 bridgehead atoms. The molecule has 0 aromatic heterocycles. The van der Waals surface area contributed by atoms with Crippen LogP contribution in [0.1, 0.15) is 78.7 Å². The number of nitrogens with zero attached hydrogens (tertiary/aromatic N) is 1. The van der Waals surface area contributed by atoms with Crippen LogP contribution in [0, 0.1) is 28.9 Å². The summed E-state index contributed by atoms with van der Waals surface area (Å²) in [5, 5.41) is 8.92. The second-order valence-corrected chi connectivity index (χ2v) is 9.54. The fraction of sp³-hybridized carbons (Fsp3) is 0.367. The van der Waals surface area contributed by atoms with Gasteiger partial charge >= 0.3 is 0 Å². The van der Waals surface area contributed by atoms with E-state index in [1.807, 2.05) is 61.5 Å². The van der Waals surface area contributed by atoms with Gasteiger partial charge in [0.25, 0.3) is 0 Å². The minimum atomic E-state index is -0.407. The zero-order valence-corrected chi connectivity index (χ0v) is 19.2. The van der Waals surface area contributed by atoms with Gasteiger partial charge in [-0.2, -0.15) is 5.26 Å². The molecular formula is C30H31F2N. The summed E-state index contributed by atoms with van der Waals surface area (Å²) in [7, 11) is 0. The topological polar surface area (TPSA) is 23.8 Å². The number of rotatable bonds is 7. The maximum Gasteiger partial charge on any atom is 0.129 e. The number of benzene rings is 3. The van der Waals surface area contributed by atoms with E-state index in [-0.39, 0.29) is 17.4 Å². The quantitative estimate of drug-likeness (QED) is 0.362. The van der Waals surface area contributed by atoms with Crippen molar-refractivity contribution in [2.45, 2.75) is 63.7 Å². The van der Waals surface area contributed by atoms with Crippen LogP contribution in [0.15, 0.2) is 66.7 Å². The van der Waals surface area contributed by atoms with Gasteiger partial charge in [-0.25, -0.2) is 8.78 Å². The lowest BCUT2D eigenvalue weighted by molar-refractivity contribution is 0.309. The lowest BCUT2D eigenvalue weighted by Gasteiger charge is -2.29. The van der Waals surface area contributed by atoms with Gasteiger partial charge in [-0.1, -0.05) is 49.4 Å². The Morgan fingerprint density at radius 2 is 1.55 bits per heavy atom. The Hall–Kier alpha value is -2.99. The van der Waals surface area contributed by atoms with Crippen molar-refractivity contribution in [2.75, 3.05) is 0 Å². The second-order valence-electron chi connectivity index (χ2n) is 9.54. The summed E-state index contributed by atoms with van der Waals surface area (Å²) < 4.78 is 29.8. The molecule has 0 N–H and O–H groups in total. The van der Waals surface area contributed by atoms with Crippen LogP contribution in [0.25, 0.3) is 0 Å². The molecule has 1 atom stereocenters. The van der Waals surface area contributed by atoms with Gasteiger partial charge in [0.1, 0.15) is 11.6 Å². The molecule has 1 fully saturated rings. The summed E-state index contributed by atoms with van der Waals surface area (Å²) in [4.78, 5) is 0. The summed E-state index contributed by atoms with van der Waals surface area (Å²) in [5.41, 5.74) is 4.07. The van der Waals surface area contributed by atoms with Gasteiger partial charge in [0.15, 0.2) is 0 Å². The minimum absolute atomic E-state index is 0.0626. The van der Waals surface area contributed by atoms with E-state index in [0.717, 1.165) is 49.7 Å². The van der Waals surface area contributed by atoms with Crippen LogP contribution < -0.4 is 0 Å². The number of halogens is 2. The van der Waals surface area contributed by atoms with E-state index in [2.05, 4.69) is 6.07 Å². The molecule has 1 aliphatic carbocycles. The molecule has 0 saturated heterocycles. The Kier molecular flexibility index (Phi) is 7.55. The van der Waals surface area contributed by atoms with Crippen LogP contribution in [0.5, 0.6) is 0 Å². The molecule has 0 spiro atoms. The van der Waals surface area contributed by atoms with Crippen molar-refractivity contribution in [1.29, 1.82) is 5.26 Å². The van der Waals surface area contributed by atoms with Crippen LogP contribution in [-0.4, -0.2) is 0 Å². The third kappa shape index (κ3) is 5.88. The molecule has 33 heavy (non-hydrogen) atoms. The average Bonchev–Trinajstić information content (AvgIpc) is 2.86. The Balaban J connectivity index is 1.33. The van der Waals surface area contributed by atoms with E-state index in [1.54, 1.807) is 12.1 Å². The first kappa shape index (κ1) is 23.2. The van der Waals surface area contributed by atoms with Gasteiger partial charge in [0.05, 0.1) is 11.6 Å². The van der Waals surface area contributed by atoms with Crippen LogP contribution in [0.4, 0.5) is 8.78 Å². The first-order chi connectivity index (χ1) is 16.0. The maximum absolute atomic E-state index is 14.9. The maximum atomic E-state index is 14.9. The molecule has 4 rings (SSSR count).